The van der Waals surface area contributed by atoms with Gasteiger partial charge in [0.15, 0.2) is 0 Å². The molecule has 112 valence electrons. The lowest BCUT2D eigenvalue weighted by Crippen LogP contribution is -2.36. The Morgan fingerprint density at radius 3 is 2.75 bits per heavy atom. The molecule has 1 fully saturated rings. The normalized spacial score (nSPS) is 34.5. The van der Waals surface area contributed by atoms with Gasteiger partial charge in [0.05, 0.1) is 24.9 Å². The molecule has 5 N–H and O–H groups in total. The number of primary amides is 1. The first kappa shape index (κ1) is 15.0. The molecule has 0 aliphatic carbocycles. The van der Waals surface area contributed by atoms with Crippen LogP contribution >= 0.6 is 0 Å². The van der Waals surface area contributed by atoms with Crippen molar-refractivity contribution in [2.24, 2.45) is 5.73 Å². The van der Waals surface area contributed by atoms with Crippen molar-refractivity contribution in [1.29, 1.82) is 0 Å². The Bertz CT molecular complexity index is 423. The Hall–Kier alpha value is -1.41. The van der Waals surface area contributed by atoms with Crippen LogP contribution < -0.4 is 5.73 Å². The van der Waals surface area contributed by atoms with E-state index in [9.17, 15) is 20.1 Å². The van der Waals surface area contributed by atoms with Gasteiger partial charge in [0.2, 0.25) is 5.91 Å². The van der Waals surface area contributed by atoms with Crippen LogP contribution in [0.4, 0.5) is 0 Å². The average Bonchev–Trinajstić information content (AvgIpc) is 2.58. The Kier molecular flexibility index (Phi) is 4.77. The predicted octanol–water partition coefficient (Wildman–Crippen LogP) is -1.21. The second-order valence-electron chi connectivity index (χ2n) is 5.06. The summed E-state index contributed by atoms with van der Waals surface area (Å²) in [5, 5.41) is 28.9. The zero-order valence-corrected chi connectivity index (χ0v) is 11.1. The third kappa shape index (κ3) is 3.37. The number of carbonyl (C=O) groups excluding carboxylic acids is 1. The van der Waals surface area contributed by atoms with Gasteiger partial charge in [0.1, 0.15) is 6.23 Å². The van der Waals surface area contributed by atoms with Crippen LogP contribution in [0.2, 0.25) is 0 Å². The van der Waals surface area contributed by atoms with Crippen LogP contribution in [-0.2, 0) is 9.53 Å². The third-order valence-electron chi connectivity index (χ3n) is 3.51. The largest absolute Gasteiger partial charge is 0.394 e. The number of amides is 1. The van der Waals surface area contributed by atoms with E-state index in [1.807, 2.05) is 0 Å². The van der Waals surface area contributed by atoms with Crippen LogP contribution in [0, 0.1) is 0 Å². The molecule has 7 heteroatoms. The molecule has 1 amide bonds. The third-order valence-corrected chi connectivity index (χ3v) is 3.51. The highest BCUT2D eigenvalue weighted by Crippen LogP contribution is 2.25. The van der Waals surface area contributed by atoms with Crippen molar-refractivity contribution in [3.05, 3.63) is 24.0 Å². The van der Waals surface area contributed by atoms with E-state index in [1.165, 1.54) is 0 Å². The zero-order valence-electron chi connectivity index (χ0n) is 11.1. The number of aliphatic hydroxyl groups is 3. The number of allylic oxidation sites excluding steroid dienone is 1. The SMILES string of the molecule is NC(=O)C1=CN([C@H]2C[C@@H](O)[C@@H](O)C[C@@H](CO)O2)C=CC1. The molecule has 0 aromatic rings. The smallest absolute Gasteiger partial charge is 0.246 e. The van der Waals surface area contributed by atoms with Crippen molar-refractivity contribution in [3.63, 3.8) is 0 Å². The molecule has 4 atom stereocenters. The van der Waals surface area contributed by atoms with E-state index in [0.29, 0.717) is 12.0 Å². The summed E-state index contributed by atoms with van der Waals surface area (Å²) in [4.78, 5) is 12.8. The van der Waals surface area contributed by atoms with Gasteiger partial charge in [-0.05, 0) is 6.42 Å². The fourth-order valence-electron chi connectivity index (χ4n) is 2.35. The van der Waals surface area contributed by atoms with Crippen LogP contribution in [0.1, 0.15) is 19.3 Å². The van der Waals surface area contributed by atoms with Crippen molar-refractivity contribution in [2.75, 3.05) is 6.61 Å². The van der Waals surface area contributed by atoms with E-state index >= 15 is 0 Å². The topological polar surface area (TPSA) is 116 Å². The lowest BCUT2D eigenvalue weighted by molar-refractivity contribution is -0.115. The molecule has 0 radical (unpaired) electrons. The Balaban J connectivity index is 2.15. The van der Waals surface area contributed by atoms with E-state index in [4.69, 9.17) is 10.5 Å². The number of aliphatic hydroxyl groups excluding tert-OH is 3. The fourth-order valence-corrected chi connectivity index (χ4v) is 2.35. The highest BCUT2D eigenvalue weighted by atomic mass is 16.5. The monoisotopic (exact) mass is 284 g/mol. The number of ether oxygens (including phenoxy) is 1. The summed E-state index contributed by atoms with van der Waals surface area (Å²) >= 11 is 0. The van der Waals surface area contributed by atoms with Crippen LogP contribution in [0.25, 0.3) is 0 Å². The number of rotatable bonds is 3. The summed E-state index contributed by atoms with van der Waals surface area (Å²) in [5.74, 6) is -0.507. The summed E-state index contributed by atoms with van der Waals surface area (Å²) < 4.78 is 5.68. The van der Waals surface area contributed by atoms with Gasteiger partial charge >= 0.3 is 0 Å². The summed E-state index contributed by atoms with van der Waals surface area (Å²) in [6, 6.07) is 0. The van der Waals surface area contributed by atoms with Crippen molar-refractivity contribution < 1.29 is 24.9 Å². The van der Waals surface area contributed by atoms with Crippen LogP contribution in [-0.4, -0.2) is 57.3 Å². The number of hydrogen-bond donors (Lipinski definition) is 4. The molecule has 0 spiro atoms. The maximum Gasteiger partial charge on any atom is 0.246 e. The molecular weight excluding hydrogens is 264 g/mol. The summed E-state index contributed by atoms with van der Waals surface area (Å²) in [5.41, 5.74) is 5.70. The van der Waals surface area contributed by atoms with Crippen molar-refractivity contribution in [2.45, 2.75) is 43.8 Å². The molecule has 2 rings (SSSR count). The number of carbonyl (C=O) groups is 1. The molecule has 0 unspecified atom stereocenters. The average molecular weight is 284 g/mol. The second-order valence-corrected chi connectivity index (χ2v) is 5.06. The van der Waals surface area contributed by atoms with Crippen LogP contribution in [0.15, 0.2) is 24.0 Å². The van der Waals surface area contributed by atoms with Gasteiger partial charge in [0, 0.05) is 30.8 Å². The highest BCUT2D eigenvalue weighted by Gasteiger charge is 2.33. The zero-order chi connectivity index (χ0) is 14.7. The minimum Gasteiger partial charge on any atom is -0.394 e. The standard InChI is InChI=1S/C13H20N2O5/c14-13(19)8-2-1-3-15(6-8)12-5-11(18)10(17)4-9(7-16)20-12/h1,3,6,9-12,16-18H,2,4-5,7H2,(H2,14,19)/t9-,10-,11+,12+/m0/s1. The molecule has 20 heavy (non-hydrogen) atoms. The van der Waals surface area contributed by atoms with Gasteiger partial charge in [-0.3, -0.25) is 4.79 Å². The Labute approximate surface area is 116 Å². The minimum atomic E-state index is -0.947. The first-order chi connectivity index (χ1) is 9.51. The molecule has 0 aromatic carbocycles. The molecule has 7 nitrogen and oxygen atoms in total. The molecule has 0 bridgehead atoms. The van der Waals surface area contributed by atoms with Crippen LogP contribution in [0.3, 0.4) is 0 Å². The second kappa shape index (κ2) is 6.36. The molecule has 2 aliphatic heterocycles. The van der Waals surface area contributed by atoms with E-state index < -0.39 is 30.4 Å². The fraction of sp³-hybridized carbons (Fsp3) is 0.615. The first-order valence-electron chi connectivity index (χ1n) is 6.58. The first-order valence-corrected chi connectivity index (χ1v) is 6.58. The van der Waals surface area contributed by atoms with Crippen molar-refractivity contribution in [1.82, 2.24) is 4.90 Å². The summed E-state index contributed by atoms with van der Waals surface area (Å²) in [6.07, 6.45) is 2.85. The van der Waals surface area contributed by atoms with E-state index in [2.05, 4.69) is 0 Å². The Morgan fingerprint density at radius 1 is 1.40 bits per heavy atom. The Morgan fingerprint density at radius 2 is 2.10 bits per heavy atom. The van der Waals surface area contributed by atoms with Gasteiger partial charge < -0.3 is 30.7 Å². The van der Waals surface area contributed by atoms with E-state index in [0.717, 1.165) is 0 Å². The number of nitrogens with two attached hydrogens (primary N) is 1. The van der Waals surface area contributed by atoms with Gasteiger partial charge in [-0.2, -0.15) is 0 Å². The molecule has 0 aromatic heterocycles. The molecule has 2 aliphatic rings. The van der Waals surface area contributed by atoms with Gasteiger partial charge in [0.25, 0.3) is 0 Å². The highest BCUT2D eigenvalue weighted by molar-refractivity contribution is 5.92. The molecule has 0 saturated carbocycles. The maximum atomic E-state index is 11.2. The molecule has 2 heterocycles. The van der Waals surface area contributed by atoms with Crippen molar-refractivity contribution in [3.8, 4) is 0 Å². The lowest BCUT2D eigenvalue weighted by Gasteiger charge is -2.31. The number of hydrogen-bond acceptors (Lipinski definition) is 6. The quantitative estimate of drug-likeness (QED) is 0.517. The van der Waals surface area contributed by atoms with Gasteiger partial charge in [-0.1, -0.05) is 6.08 Å². The summed E-state index contributed by atoms with van der Waals surface area (Å²) in [7, 11) is 0. The maximum absolute atomic E-state index is 11.2. The van der Waals surface area contributed by atoms with Crippen molar-refractivity contribution >= 4 is 5.91 Å². The van der Waals surface area contributed by atoms with E-state index in [1.54, 1.807) is 23.4 Å². The molecular formula is C13H20N2O5. The van der Waals surface area contributed by atoms with Gasteiger partial charge in [-0.25, -0.2) is 0 Å². The molecule has 1 saturated heterocycles. The lowest BCUT2D eigenvalue weighted by atomic mass is 10.1. The predicted molar refractivity (Wildman–Crippen MR) is 69.9 cm³/mol. The summed E-state index contributed by atoms with van der Waals surface area (Å²) in [6.45, 7) is -0.246. The van der Waals surface area contributed by atoms with E-state index in [-0.39, 0.29) is 19.4 Å². The minimum absolute atomic E-state index is 0.165. The van der Waals surface area contributed by atoms with Crippen LogP contribution in [0.5, 0.6) is 0 Å². The number of nitrogens with zero attached hydrogens (tertiary/aromatic N) is 1. The van der Waals surface area contributed by atoms with Gasteiger partial charge in [-0.15, -0.1) is 0 Å².